The third-order valence-corrected chi connectivity index (χ3v) is 2.85. The fourth-order valence-corrected chi connectivity index (χ4v) is 1.72. The normalized spacial score (nSPS) is 10.4. The van der Waals surface area contributed by atoms with E-state index in [0.717, 1.165) is 18.1 Å². The van der Waals surface area contributed by atoms with Gasteiger partial charge in [-0.3, -0.25) is 0 Å². The van der Waals surface area contributed by atoms with Crippen LogP contribution in [-0.2, 0) is 13.0 Å². The van der Waals surface area contributed by atoms with E-state index in [1.807, 2.05) is 12.1 Å². The molecule has 94 valence electrons. The summed E-state index contributed by atoms with van der Waals surface area (Å²) in [4.78, 5) is 0. The number of halogens is 2. The predicted molar refractivity (Wildman–Crippen MR) is 69.5 cm³/mol. The van der Waals surface area contributed by atoms with Gasteiger partial charge < -0.3 is 5.32 Å². The molecule has 0 aromatic heterocycles. The molecule has 0 aliphatic carbocycles. The first-order valence-electron chi connectivity index (χ1n) is 5.96. The Balaban J connectivity index is 2.02. The second kappa shape index (κ2) is 5.63. The van der Waals surface area contributed by atoms with Gasteiger partial charge in [-0.2, -0.15) is 0 Å². The summed E-state index contributed by atoms with van der Waals surface area (Å²) in [6, 6.07) is 11.6. The molecule has 0 saturated carbocycles. The van der Waals surface area contributed by atoms with Gasteiger partial charge in [-0.05, 0) is 29.7 Å². The summed E-state index contributed by atoms with van der Waals surface area (Å²) >= 11 is 0. The van der Waals surface area contributed by atoms with Gasteiger partial charge in [0, 0.05) is 12.6 Å². The van der Waals surface area contributed by atoms with Crippen LogP contribution in [-0.4, -0.2) is 0 Å². The molecule has 1 N–H and O–H groups in total. The quantitative estimate of drug-likeness (QED) is 0.856. The van der Waals surface area contributed by atoms with E-state index in [1.54, 1.807) is 0 Å². The fraction of sp³-hybridized carbons (Fsp3) is 0.200. The molecule has 2 rings (SSSR count). The number of anilines is 1. The minimum Gasteiger partial charge on any atom is -0.379 e. The molecule has 0 heterocycles. The number of rotatable bonds is 4. The van der Waals surface area contributed by atoms with Gasteiger partial charge in [-0.25, -0.2) is 8.78 Å². The molecular formula is C15H15F2N. The Labute approximate surface area is 105 Å². The van der Waals surface area contributed by atoms with Crippen LogP contribution in [0.2, 0.25) is 0 Å². The van der Waals surface area contributed by atoms with Gasteiger partial charge in [0.15, 0.2) is 0 Å². The van der Waals surface area contributed by atoms with Crippen molar-refractivity contribution in [3.05, 3.63) is 65.2 Å². The minimum atomic E-state index is -0.569. The number of hydrogen-bond donors (Lipinski definition) is 1. The Kier molecular flexibility index (Phi) is 3.92. The van der Waals surface area contributed by atoms with Gasteiger partial charge in [-0.1, -0.05) is 31.2 Å². The second-order valence-corrected chi connectivity index (χ2v) is 4.15. The Morgan fingerprint density at radius 3 is 2.22 bits per heavy atom. The van der Waals surface area contributed by atoms with Crippen molar-refractivity contribution in [2.24, 2.45) is 0 Å². The number of nitrogens with one attached hydrogen (secondary N) is 1. The topological polar surface area (TPSA) is 12.0 Å². The molecule has 0 fully saturated rings. The van der Waals surface area contributed by atoms with E-state index in [1.165, 1.54) is 17.7 Å². The lowest BCUT2D eigenvalue weighted by atomic mass is 10.1. The van der Waals surface area contributed by atoms with Crippen molar-refractivity contribution < 1.29 is 8.78 Å². The molecular weight excluding hydrogens is 232 g/mol. The van der Waals surface area contributed by atoms with Gasteiger partial charge in [0.05, 0.1) is 5.69 Å². The van der Waals surface area contributed by atoms with Gasteiger partial charge >= 0.3 is 0 Å². The highest BCUT2D eigenvalue weighted by atomic mass is 19.1. The average Bonchev–Trinajstić information content (AvgIpc) is 2.38. The van der Waals surface area contributed by atoms with E-state index in [2.05, 4.69) is 24.4 Å². The van der Waals surface area contributed by atoms with Crippen molar-refractivity contribution in [1.82, 2.24) is 0 Å². The SMILES string of the molecule is CCc1ccc(CNc2ccc(F)cc2F)cc1. The maximum absolute atomic E-state index is 13.4. The summed E-state index contributed by atoms with van der Waals surface area (Å²) in [7, 11) is 0. The molecule has 3 heteroatoms. The van der Waals surface area contributed by atoms with Crippen molar-refractivity contribution in [1.29, 1.82) is 0 Å². The lowest BCUT2D eigenvalue weighted by Crippen LogP contribution is -2.01. The third kappa shape index (κ3) is 3.06. The smallest absolute Gasteiger partial charge is 0.149 e. The van der Waals surface area contributed by atoms with E-state index in [-0.39, 0.29) is 0 Å². The first-order chi connectivity index (χ1) is 8.69. The average molecular weight is 247 g/mol. The molecule has 1 nitrogen and oxygen atoms in total. The van der Waals surface area contributed by atoms with Crippen molar-refractivity contribution >= 4 is 5.69 Å². The molecule has 18 heavy (non-hydrogen) atoms. The van der Waals surface area contributed by atoms with Gasteiger partial charge in [0.25, 0.3) is 0 Å². The number of hydrogen-bond acceptors (Lipinski definition) is 1. The van der Waals surface area contributed by atoms with Crippen LogP contribution in [0, 0.1) is 11.6 Å². The number of benzene rings is 2. The van der Waals surface area contributed by atoms with Crippen LogP contribution < -0.4 is 5.32 Å². The number of aryl methyl sites for hydroxylation is 1. The largest absolute Gasteiger partial charge is 0.379 e. The van der Waals surface area contributed by atoms with Gasteiger partial charge in [-0.15, -0.1) is 0 Å². The maximum Gasteiger partial charge on any atom is 0.149 e. The van der Waals surface area contributed by atoms with Crippen molar-refractivity contribution in [2.45, 2.75) is 19.9 Å². The summed E-state index contributed by atoms with van der Waals surface area (Å²) in [5, 5.41) is 2.95. The Morgan fingerprint density at radius 1 is 0.944 bits per heavy atom. The molecule has 2 aromatic carbocycles. The molecule has 0 atom stereocenters. The highest BCUT2D eigenvalue weighted by molar-refractivity contribution is 5.45. The summed E-state index contributed by atoms with van der Waals surface area (Å²) in [6.45, 7) is 2.62. The predicted octanol–water partition coefficient (Wildman–Crippen LogP) is 4.14. The van der Waals surface area contributed by atoms with Gasteiger partial charge in [0.1, 0.15) is 11.6 Å². The van der Waals surface area contributed by atoms with Crippen LogP contribution in [0.3, 0.4) is 0 Å². The summed E-state index contributed by atoms with van der Waals surface area (Å²) in [6.07, 6.45) is 1.00. The Bertz CT molecular complexity index is 521. The van der Waals surface area contributed by atoms with Crippen LogP contribution in [0.15, 0.2) is 42.5 Å². The highest BCUT2D eigenvalue weighted by Gasteiger charge is 2.03. The van der Waals surface area contributed by atoms with Crippen molar-refractivity contribution in [2.75, 3.05) is 5.32 Å². The lowest BCUT2D eigenvalue weighted by Gasteiger charge is -2.08. The molecule has 2 aromatic rings. The second-order valence-electron chi connectivity index (χ2n) is 4.15. The minimum absolute atomic E-state index is 0.316. The molecule has 0 spiro atoms. The first-order valence-corrected chi connectivity index (χ1v) is 5.96. The maximum atomic E-state index is 13.4. The highest BCUT2D eigenvalue weighted by Crippen LogP contribution is 2.16. The summed E-state index contributed by atoms with van der Waals surface area (Å²) < 4.78 is 26.1. The van der Waals surface area contributed by atoms with Crippen LogP contribution in [0.4, 0.5) is 14.5 Å². The standard InChI is InChI=1S/C15H15F2N/c1-2-11-3-5-12(6-4-11)10-18-15-8-7-13(16)9-14(15)17/h3-9,18H,2,10H2,1H3. The Hall–Kier alpha value is -1.90. The van der Waals surface area contributed by atoms with E-state index < -0.39 is 11.6 Å². The molecule has 0 radical (unpaired) electrons. The van der Waals surface area contributed by atoms with Crippen molar-refractivity contribution in [3.63, 3.8) is 0 Å². The van der Waals surface area contributed by atoms with Crippen LogP contribution >= 0.6 is 0 Å². The molecule has 0 bridgehead atoms. The van der Waals surface area contributed by atoms with E-state index in [9.17, 15) is 8.78 Å². The zero-order valence-electron chi connectivity index (χ0n) is 10.2. The third-order valence-electron chi connectivity index (χ3n) is 2.85. The monoisotopic (exact) mass is 247 g/mol. The van der Waals surface area contributed by atoms with Crippen molar-refractivity contribution in [3.8, 4) is 0 Å². The van der Waals surface area contributed by atoms with E-state index in [4.69, 9.17) is 0 Å². The Morgan fingerprint density at radius 2 is 1.61 bits per heavy atom. The van der Waals surface area contributed by atoms with Crippen LogP contribution in [0.5, 0.6) is 0 Å². The van der Waals surface area contributed by atoms with E-state index >= 15 is 0 Å². The zero-order valence-corrected chi connectivity index (χ0v) is 10.2. The molecule has 0 aliphatic heterocycles. The summed E-state index contributed by atoms with van der Waals surface area (Å²) in [5.41, 5.74) is 2.65. The van der Waals surface area contributed by atoms with Crippen LogP contribution in [0.1, 0.15) is 18.1 Å². The summed E-state index contributed by atoms with van der Waals surface area (Å²) in [5.74, 6) is -1.13. The molecule has 0 aliphatic rings. The molecule has 0 unspecified atom stereocenters. The first kappa shape index (κ1) is 12.6. The fourth-order valence-electron chi connectivity index (χ4n) is 1.72. The van der Waals surface area contributed by atoms with Gasteiger partial charge in [0.2, 0.25) is 0 Å². The molecule has 0 amide bonds. The van der Waals surface area contributed by atoms with Crippen LogP contribution in [0.25, 0.3) is 0 Å². The zero-order chi connectivity index (χ0) is 13.0. The molecule has 0 saturated heterocycles. The lowest BCUT2D eigenvalue weighted by molar-refractivity contribution is 0.585. The van der Waals surface area contributed by atoms with E-state index in [0.29, 0.717) is 12.2 Å².